The summed E-state index contributed by atoms with van der Waals surface area (Å²) >= 11 is 0. The molecule has 0 saturated heterocycles. The van der Waals surface area contributed by atoms with Gasteiger partial charge in [0, 0.05) is 0 Å². The Morgan fingerprint density at radius 2 is 0.558 bits per heavy atom. The van der Waals surface area contributed by atoms with Gasteiger partial charge < -0.3 is 28.9 Å². The average Bonchev–Trinajstić information content (AvgIpc) is 3.00. The third kappa shape index (κ3) is 33.4. The first-order valence-corrected chi connectivity index (χ1v) is 19.9. The summed E-state index contributed by atoms with van der Waals surface area (Å²) in [6.07, 6.45) is 30.1. The van der Waals surface area contributed by atoms with Crippen LogP contribution >= 0.6 is 8.60 Å². The van der Waals surface area contributed by atoms with Gasteiger partial charge in [-0.3, -0.25) is 0 Å². The molecule has 0 aromatic heterocycles. The lowest BCUT2D eigenvalue weighted by Gasteiger charge is -2.21. The largest absolute Gasteiger partial charge is 0.391 e. The summed E-state index contributed by atoms with van der Waals surface area (Å²) in [5, 5.41) is 31.4. The van der Waals surface area contributed by atoms with Crippen molar-refractivity contribution in [3.63, 3.8) is 0 Å². The number of hydrogen-bond acceptors (Lipinski definition) is 6. The van der Waals surface area contributed by atoms with E-state index in [4.69, 9.17) is 13.6 Å². The molecule has 0 aliphatic heterocycles. The molecule has 0 radical (unpaired) electrons. The Labute approximate surface area is 269 Å². The quantitative estimate of drug-likeness (QED) is 0.0469. The summed E-state index contributed by atoms with van der Waals surface area (Å²) in [6, 6.07) is 0. The fourth-order valence-electron chi connectivity index (χ4n) is 5.34. The standard InChI is InChI=1S/C36H75O6P/c1-4-7-10-13-16-19-22-25-28-34(37)31-40-43(41-32-35(38)29-26-23-20-17-14-11-8-5-2)42-33-36(39)30-27-24-21-18-15-12-9-6-3/h34-39H,4-33H2,1-3H3. The molecule has 0 saturated carbocycles. The zero-order chi connectivity index (χ0) is 31.6. The fraction of sp³-hybridized carbons (Fsp3) is 1.00. The second-order valence-electron chi connectivity index (χ2n) is 12.9. The first kappa shape index (κ1) is 43.2. The van der Waals surface area contributed by atoms with Gasteiger partial charge in [0.15, 0.2) is 0 Å². The van der Waals surface area contributed by atoms with Crippen LogP contribution in [0.2, 0.25) is 0 Å². The molecule has 0 fully saturated rings. The van der Waals surface area contributed by atoms with Crippen molar-refractivity contribution in [1.82, 2.24) is 0 Å². The SMILES string of the molecule is CCCCCCCCCCC(O)COP(OCC(O)CCCCCCCCCC)OCC(O)CCCCCCCCCC. The maximum atomic E-state index is 10.5. The summed E-state index contributed by atoms with van der Waals surface area (Å²) in [7, 11) is -1.73. The third-order valence-electron chi connectivity index (χ3n) is 8.29. The molecule has 0 rings (SSSR count). The van der Waals surface area contributed by atoms with Crippen LogP contribution in [0.4, 0.5) is 0 Å². The monoisotopic (exact) mass is 635 g/mol. The van der Waals surface area contributed by atoms with E-state index in [2.05, 4.69) is 20.8 Å². The lowest BCUT2D eigenvalue weighted by atomic mass is 10.1. The highest BCUT2D eigenvalue weighted by atomic mass is 31.2. The lowest BCUT2D eigenvalue weighted by Crippen LogP contribution is -2.19. The summed E-state index contributed by atoms with van der Waals surface area (Å²) in [6.45, 7) is 7.20. The van der Waals surface area contributed by atoms with Crippen molar-refractivity contribution in [2.24, 2.45) is 0 Å². The van der Waals surface area contributed by atoms with Gasteiger partial charge in [0.1, 0.15) is 0 Å². The minimum atomic E-state index is -1.73. The van der Waals surface area contributed by atoms with E-state index in [-0.39, 0.29) is 19.8 Å². The Hall–Kier alpha value is 0.190. The van der Waals surface area contributed by atoms with Crippen LogP contribution in [0.25, 0.3) is 0 Å². The zero-order valence-corrected chi connectivity index (χ0v) is 29.9. The van der Waals surface area contributed by atoms with Crippen molar-refractivity contribution in [1.29, 1.82) is 0 Å². The highest BCUT2D eigenvalue weighted by Gasteiger charge is 2.19. The summed E-state index contributed by atoms with van der Waals surface area (Å²) in [4.78, 5) is 0. The molecule has 0 aliphatic carbocycles. The predicted octanol–water partition coefficient (Wildman–Crippen LogP) is 10.9. The Morgan fingerprint density at radius 1 is 0.349 bits per heavy atom. The Morgan fingerprint density at radius 3 is 0.791 bits per heavy atom. The maximum absolute atomic E-state index is 10.5. The molecule has 3 N–H and O–H groups in total. The molecule has 0 aliphatic rings. The lowest BCUT2D eigenvalue weighted by molar-refractivity contribution is 0.0357. The highest BCUT2D eigenvalue weighted by molar-refractivity contribution is 7.41. The van der Waals surface area contributed by atoms with E-state index in [0.29, 0.717) is 19.3 Å². The Bertz CT molecular complexity index is 455. The zero-order valence-electron chi connectivity index (χ0n) is 29.0. The van der Waals surface area contributed by atoms with Crippen molar-refractivity contribution in [3.8, 4) is 0 Å². The molecular weight excluding hydrogens is 559 g/mol. The van der Waals surface area contributed by atoms with Crippen molar-refractivity contribution >= 4 is 8.60 Å². The van der Waals surface area contributed by atoms with Crippen molar-refractivity contribution < 1.29 is 28.9 Å². The van der Waals surface area contributed by atoms with Crippen LogP contribution in [-0.2, 0) is 13.6 Å². The van der Waals surface area contributed by atoms with Crippen LogP contribution in [-0.4, -0.2) is 53.5 Å². The molecule has 0 aromatic rings. The molecule has 3 unspecified atom stereocenters. The Kier molecular flexibility index (Phi) is 35.2. The normalized spacial score (nSPS) is 14.7. The van der Waals surface area contributed by atoms with Gasteiger partial charge in [-0.2, -0.15) is 0 Å². The van der Waals surface area contributed by atoms with E-state index < -0.39 is 26.9 Å². The molecule has 7 heteroatoms. The van der Waals surface area contributed by atoms with Gasteiger partial charge in [-0.25, -0.2) is 0 Å². The number of rotatable bonds is 36. The molecular formula is C36H75O6P. The van der Waals surface area contributed by atoms with Crippen LogP contribution < -0.4 is 0 Å². The van der Waals surface area contributed by atoms with Gasteiger partial charge in [0.25, 0.3) is 0 Å². The first-order chi connectivity index (χ1) is 21.0. The molecule has 0 heterocycles. The van der Waals surface area contributed by atoms with Gasteiger partial charge in [0.05, 0.1) is 38.1 Å². The van der Waals surface area contributed by atoms with Gasteiger partial charge >= 0.3 is 8.60 Å². The number of unbranched alkanes of at least 4 members (excludes halogenated alkanes) is 21. The molecule has 0 bridgehead atoms. The minimum absolute atomic E-state index is 0.157. The molecule has 0 aromatic carbocycles. The van der Waals surface area contributed by atoms with E-state index >= 15 is 0 Å². The van der Waals surface area contributed by atoms with Crippen molar-refractivity contribution in [3.05, 3.63) is 0 Å². The molecule has 6 nitrogen and oxygen atoms in total. The molecule has 43 heavy (non-hydrogen) atoms. The van der Waals surface area contributed by atoms with Gasteiger partial charge in [-0.1, -0.05) is 175 Å². The van der Waals surface area contributed by atoms with Crippen LogP contribution in [0.1, 0.15) is 194 Å². The van der Waals surface area contributed by atoms with Crippen molar-refractivity contribution in [2.75, 3.05) is 19.8 Å². The third-order valence-corrected chi connectivity index (χ3v) is 9.37. The van der Waals surface area contributed by atoms with E-state index in [0.717, 1.165) is 38.5 Å². The van der Waals surface area contributed by atoms with Crippen LogP contribution in [0.15, 0.2) is 0 Å². The highest BCUT2D eigenvalue weighted by Crippen LogP contribution is 2.40. The van der Waals surface area contributed by atoms with Crippen molar-refractivity contribution in [2.45, 2.75) is 212 Å². The Balaban J connectivity index is 4.31. The smallest absolute Gasteiger partial charge is 0.332 e. The maximum Gasteiger partial charge on any atom is 0.332 e. The molecule has 0 spiro atoms. The predicted molar refractivity (Wildman–Crippen MR) is 184 cm³/mol. The summed E-state index contributed by atoms with van der Waals surface area (Å²) < 4.78 is 17.6. The second-order valence-corrected chi connectivity index (χ2v) is 14.1. The minimum Gasteiger partial charge on any atom is -0.391 e. The summed E-state index contributed by atoms with van der Waals surface area (Å²) in [5.41, 5.74) is 0. The van der Waals surface area contributed by atoms with E-state index in [1.807, 2.05) is 0 Å². The second kappa shape index (κ2) is 35.1. The molecule has 0 amide bonds. The van der Waals surface area contributed by atoms with Gasteiger partial charge in [-0.15, -0.1) is 0 Å². The average molecular weight is 635 g/mol. The van der Waals surface area contributed by atoms with Crippen LogP contribution in [0.5, 0.6) is 0 Å². The number of aliphatic hydroxyl groups excluding tert-OH is 3. The van der Waals surface area contributed by atoms with Crippen LogP contribution in [0, 0.1) is 0 Å². The fourth-order valence-corrected chi connectivity index (χ4v) is 6.45. The van der Waals surface area contributed by atoms with E-state index in [1.165, 1.54) is 116 Å². The van der Waals surface area contributed by atoms with E-state index in [1.54, 1.807) is 0 Å². The van der Waals surface area contributed by atoms with Gasteiger partial charge in [-0.05, 0) is 19.3 Å². The number of hydrogen-bond donors (Lipinski definition) is 3. The first-order valence-electron chi connectivity index (χ1n) is 18.8. The molecule has 3 atom stereocenters. The summed E-state index contributed by atoms with van der Waals surface area (Å²) in [5.74, 6) is 0. The molecule has 260 valence electrons. The van der Waals surface area contributed by atoms with Gasteiger partial charge in [0.2, 0.25) is 0 Å². The number of aliphatic hydroxyl groups is 3. The van der Waals surface area contributed by atoms with E-state index in [9.17, 15) is 15.3 Å². The van der Waals surface area contributed by atoms with Crippen LogP contribution in [0.3, 0.4) is 0 Å². The topological polar surface area (TPSA) is 88.4 Å².